The molecule has 35 heavy (non-hydrogen) atoms. The summed E-state index contributed by atoms with van der Waals surface area (Å²) in [6.45, 7) is 1.06. The summed E-state index contributed by atoms with van der Waals surface area (Å²) >= 11 is 0. The molecular weight excluding hydrogens is 460 g/mol. The normalized spacial score (nSPS) is 15.7. The van der Waals surface area contributed by atoms with E-state index < -0.39 is 10.0 Å². The molecule has 5 rings (SSSR count). The third-order valence-corrected chi connectivity index (χ3v) is 8.28. The number of rotatable bonds is 7. The lowest BCUT2D eigenvalue weighted by Crippen LogP contribution is -2.43. The molecule has 0 unspecified atom stereocenters. The summed E-state index contributed by atoms with van der Waals surface area (Å²) in [5, 5.41) is 7.52. The molecule has 0 bridgehead atoms. The van der Waals surface area contributed by atoms with Crippen molar-refractivity contribution in [2.24, 2.45) is 0 Å². The summed E-state index contributed by atoms with van der Waals surface area (Å²) < 4.78 is 27.5. The SMILES string of the molecule is CNC1CCN(S(=O)(=O)c2ccc(Nc3ncc(/C=C/c4cccc5[nH]ccc45)cn3)cc2)CC1. The minimum absolute atomic E-state index is 0.296. The molecule has 8 nitrogen and oxygen atoms in total. The van der Waals surface area contributed by atoms with Gasteiger partial charge in [-0.3, -0.25) is 0 Å². The molecule has 0 saturated carbocycles. The number of anilines is 2. The lowest BCUT2D eigenvalue weighted by Gasteiger charge is -2.31. The average Bonchev–Trinajstić information content (AvgIpc) is 3.38. The van der Waals surface area contributed by atoms with Gasteiger partial charge in [-0.2, -0.15) is 4.31 Å². The minimum atomic E-state index is -3.49. The molecule has 1 aliphatic heterocycles. The zero-order valence-corrected chi connectivity index (χ0v) is 20.3. The fourth-order valence-corrected chi connectivity index (χ4v) is 5.77. The summed E-state index contributed by atoms with van der Waals surface area (Å²) in [7, 11) is -1.57. The summed E-state index contributed by atoms with van der Waals surface area (Å²) in [5.41, 5.74) is 3.82. The van der Waals surface area contributed by atoms with Crippen molar-refractivity contribution < 1.29 is 8.42 Å². The zero-order valence-electron chi connectivity index (χ0n) is 19.5. The molecule has 9 heteroatoms. The zero-order chi connectivity index (χ0) is 24.3. The van der Waals surface area contributed by atoms with E-state index in [2.05, 4.69) is 37.7 Å². The van der Waals surface area contributed by atoms with Gasteiger partial charge in [-0.15, -0.1) is 0 Å². The van der Waals surface area contributed by atoms with Crippen LogP contribution >= 0.6 is 0 Å². The first-order chi connectivity index (χ1) is 17.0. The highest BCUT2D eigenvalue weighted by Gasteiger charge is 2.28. The lowest BCUT2D eigenvalue weighted by molar-refractivity contribution is 0.298. The molecule has 1 aliphatic rings. The van der Waals surface area contributed by atoms with Gasteiger partial charge in [0.2, 0.25) is 16.0 Å². The highest BCUT2D eigenvalue weighted by molar-refractivity contribution is 7.89. The quantitative estimate of drug-likeness (QED) is 0.360. The lowest BCUT2D eigenvalue weighted by atomic mass is 10.1. The third kappa shape index (κ3) is 5.12. The second kappa shape index (κ2) is 9.99. The van der Waals surface area contributed by atoms with Crippen LogP contribution in [0.4, 0.5) is 11.6 Å². The number of benzene rings is 2. The monoisotopic (exact) mass is 488 g/mol. The molecule has 0 amide bonds. The molecule has 3 heterocycles. The van der Waals surface area contributed by atoms with Crippen molar-refractivity contribution in [3.8, 4) is 0 Å². The van der Waals surface area contributed by atoms with Crippen LogP contribution in [-0.2, 0) is 10.0 Å². The molecule has 1 fully saturated rings. The summed E-state index contributed by atoms with van der Waals surface area (Å²) in [6.07, 6.45) is 11.1. The molecule has 0 atom stereocenters. The minimum Gasteiger partial charge on any atom is -0.361 e. The van der Waals surface area contributed by atoms with Gasteiger partial charge in [0.15, 0.2) is 0 Å². The van der Waals surface area contributed by atoms with Crippen molar-refractivity contribution in [2.45, 2.75) is 23.8 Å². The number of hydrogen-bond donors (Lipinski definition) is 3. The maximum atomic E-state index is 13.0. The van der Waals surface area contributed by atoms with E-state index in [-0.39, 0.29) is 0 Å². The number of aromatic nitrogens is 3. The van der Waals surface area contributed by atoms with Gasteiger partial charge in [0.05, 0.1) is 4.90 Å². The molecule has 0 radical (unpaired) electrons. The van der Waals surface area contributed by atoms with Crippen LogP contribution in [-0.4, -0.2) is 53.9 Å². The molecule has 1 saturated heterocycles. The van der Waals surface area contributed by atoms with Gasteiger partial charge in [-0.25, -0.2) is 18.4 Å². The van der Waals surface area contributed by atoms with Crippen LogP contribution in [0.1, 0.15) is 24.0 Å². The van der Waals surface area contributed by atoms with Gasteiger partial charge in [0.1, 0.15) is 0 Å². The van der Waals surface area contributed by atoms with E-state index in [1.807, 2.05) is 37.5 Å². The highest BCUT2D eigenvalue weighted by atomic mass is 32.2. The van der Waals surface area contributed by atoms with Crippen molar-refractivity contribution in [1.82, 2.24) is 24.6 Å². The Hall–Kier alpha value is -3.53. The van der Waals surface area contributed by atoms with E-state index in [0.717, 1.165) is 40.6 Å². The van der Waals surface area contributed by atoms with Gasteiger partial charge in [-0.1, -0.05) is 24.3 Å². The second-order valence-electron chi connectivity index (χ2n) is 8.58. The topological polar surface area (TPSA) is 103 Å². The largest absolute Gasteiger partial charge is 0.361 e. The number of nitrogens with one attached hydrogen (secondary N) is 3. The van der Waals surface area contributed by atoms with E-state index in [9.17, 15) is 8.42 Å². The first-order valence-corrected chi connectivity index (χ1v) is 13.1. The van der Waals surface area contributed by atoms with Crippen molar-refractivity contribution in [2.75, 3.05) is 25.5 Å². The predicted octanol–water partition coefficient (Wildman–Crippen LogP) is 4.24. The van der Waals surface area contributed by atoms with Gasteiger partial charge in [0.25, 0.3) is 0 Å². The number of nitrogens with zero attached hydrogens (tertiary/aromatic N) is 3. The number of sulfonamides is 1. The number of hydrogen-bond acceptors (Lipinski definition) is 6. The molecule has 2 aromatic carbocycles. The summed E-state index contributed by atoms with van der Waals surface area (Å²) in [6, 6.07) is 15.3. The van der Waals surface area contributed by atoms with Crippen LogP contribution in [0.3, 0.4) is 0 Å². The van der Waals surface area contributed by atoms with Crippen LogP contribution < -0.4 is 10.6 Å². The molecule has 2 aromatic heterocycles. The van der Waals surface area contributed by atoms with E-state index in [4.69, 9.17) is 0 Å². The molecular formula is C26H28N6O2S. The molecule has 3 N–H and O–H groups in total. The third-order valence-electron chi connectivity index (χ3n) is 6.37. The fourth-order valence-electron chi connectivity index (χ4n) is 4.30. The van der Waals surface area contributed by atoms with Gasteiger partial charge in [0, 0.05) is 59.9 Å². The Kier molecular flexibility index (Phi) is 6.63. The van der Waals surface area contributed by atoms with E-state index >= 15 is 0 Å². The number of H-pyrrole nitrogens is 1. The van der Waals surface area contributed by atoms with Gasteiger partial charge in [-0.05, 0) is 61.9 Å². The highest BCUT2D eigenvalue weighted by Crippen LogP contribution is 2.23. The second-order valence-corrected chi connectivity index (χ2v) is 10.5. The Morgan fingerprint density at radius 3 is 2.46 bits per heavy atom. The van der Waals surface area contributed by atoms with Crippen LogP contribution in [0.5, 0.6) is 0 Å². The maximum absolute atomic E-state index is 13.0. The van der Waals surface area contributed by atoms with Crippen LogP contribution in [0.15, 0.2) is 72.0 Å². The average molecular weight is 489 g/mol. The fraction of sp³-hybridized carbons (Fsp3) is 0.231. The van der Waals surface area contributed by atoms with E-state index in [1.165, 1.54) is 0 Å². The van der Waals surface area contributed by atoms with E-state index in [1.54, 1.807) is 41.0 Å². The number of aromatic amines is 1. The van der Waals surface area contributed by atoms with Crippen molar-refractivity contribution in [1.29, 1.82) is 0 Å². The first kappa shape index (κ1) is 23.2. The standard InChI is InChI=1S/C26H28N6O2S/c1-27-21-12-15-32(16-13-21)35(33,34)23-9-7-22(8-10-23)31-26-29-17-19(18-30-26)5-6-20-3-2-4-25-24(20)11-14-28-25/h2-11,14,17-18,21,27-28H,12-13,15-16H2,1H3,(H,29,30,31)/b6-5+. The number of fused-ring (bicyclic) bond motifs is 1. The van der Waals surface area contributed by atoms with Crippen LogP contribution in [0.2, 0.25) is 0 Å². The van der Waals surface area contributed by atoms with Crippen LogP contribution in [0, 0.1) is 0 Å². The Labute approximate surface area is 205 Å². The molecule has 4 aromatic rings. The van der Waals surface area contributed by atoms with Gasteiger partial charge < -0.3 is 15.6 Å². The van der Waals surface area contributed by atoms with Crippen molar-refractivity contribution >= 4 is 44.7 Å². The van der Waals surface area contributed by atoms with Gasteiger partial charge >= 0.3 is 0 Å². The van der Waals surface area contributed by atoms with Crippen molar-refractivity contribution in [3.05, 3.63) is 78.2 Å². The first-order valence-electron chi connectivity index (χ1n) is 11.6. The molecule has 180 valence electrons. The Morgan fingerprint density at radius 1 is 1.00 bits per heavy atom. The van der Waals surface area contributed by atoms with E-state index in [0.29, 0.717) is 30.0 Å². The Morgan fingerprint density at radius 2 is 1.74 bits per heavy atom. The Balaban J connectivity index is 1.22. The molecule has 0 aliphatic carbocycles. The molecule has 0 spiro atoms. The number of piperidine rings is 1. The predicted molar refractivity (Wildman–Crippen MR) is 140 cm³/mol. The Bertz CT molecular complexity index is 1420. The smallest absolute Gasteiger partial charge is 0.243 e. The summed E-state index contributed by atoms with van der Waals surface area (Å²) in [5.74, 6) is 0.444. The van der Waals surface area contributed by atoms with Crippen molar-refractivity contribution in [3.63, 3.8) is 0 Å². The summed E-state index contributed by atoms with van der Waals surface area (Å²) in [4.78, 5) is 12.3. The maximum Gasteiger partial charge on any atom is 0.243 e. The van der Waals surface area contributed by atoms with Crippen LogP contribution in [0.25, 0.3) is 23.1 Å².